The van der Waals surface area contributed by atoms with E-state index in [-0.39, 0.29) is 17.0 Å². The Balaban J connectivity index is 2.58. The molecule has 9 heteroatoms. The summed E-state index contributed by atoms with van der Waals surface area (Å²) in [6.07, 6.45) is -9.75. The van der Waals surface area contributed by atoms with Gasteiger partial charge < -0.3 is 9.47 Å². The van der Waals surface area contributed by atoms with Gasteiger partial charge in [-0.15, -0.1) is 13.2 Å². The van der Waals surface area contributed by atoms with Crippen molar-refractivity contribution >= 4 is 0 Å². The SMILES string of the molecule is COc1cc(-c2ccccc2OC(F)(F)F)cc(C(F)(F)F)n1. The van der Waals surface area contributed by atoms with E-state index < -0.39 is 24.0 Å². The van der Waals surface area contributed by atoms with Gasteiger partial charge in [0.25, 0.3) is 0 Å². The Kier molecular flexibility index (Phi) is 4.39. The zero-order valence-electron chi connectivity index (χ0n) is 11.5. The first-order chi connectivity index (χ1) is 10.6. The minimum Gasteiger partial charge on any atom is -0.481 e. The number of hydrogen-bond donors (Lipinski definition) is 0. The number of aromatic nitrogens is 1. The third-order valence-corrected chi connectivity index (χ3v) is 2.73. The number of nitrogens with zero attached hydrogens (tertiary/aromatic N) is 1. The van der Waals surface area contributed by atoms with Crippen LogP contribution in [0, 0.1) is 0 Å². The quantitative estimate of drug-likeness (QED) is 0.763. The number of pyridine rings is 1. The molecule has 0 aliphatic heterocycles. The van der Waals surface area contributed by atoms with E-state index >= 15 is 0 Å². The topological polar surface area (TPSA) is 31.4 Å². The summed E-state index contributed by atoms with van der Waals surface area (Å²) < 4.78 is 84.3. The van der Waals surface area contributed by atoms with Crippen molar-refractivity contribution in [2.24, 2.45) is 0 Å². The molecular formula is C14H9F6NO2. The molecule has 0 aliphatic rings. The van der Waals surface area contributed by atoms with Crippen LogP contribution in [0.1, 0.15) is 5.69 Å². The molecule has 0 saturated heterocycles. The summed E-state index contributed by atoms with van der Waals surface area (Å²) in [7, 11) is 1.10. The van der Waals surface area contributed by atoms with Gasteiger partial charge in [-0.2, -0.15) is 13.2 Å². The monoisotopic (exact) mass is 337 g/mol. The molecule has 0 spiro atoms. The summed E-state index contributed by atoms with van der Waals surface area (Å²) in [5.41, 5.74) is -1.62. The smallest absolute Gasteiger partial charge is 0.481 e. The van der Waals surface area contributed by atoms with Crippen molar-refractivity contribution in [2.45, 2.75) is 12.5 Å². The maximum absolute atomic E-state index is 12.8. The minimum absolute atomic E-state index is 0.163. The van der Waals surface area contributed by atoms with Crippen LogP contribution in [-0.4, -0.2) is 18.5 Å². The van der Waals surface area contributed by atoms with Gasteiger partial charge in [-0.05, 0) is 17.7 Å². The number of hydrogen-bond acceptors (Lipinski definition) is 3. The van der Waals surface area contributed by atoms with Gasteiger partial charge >= 0.3 is 12.5 Å². The number of ether oxygens (including phenoxy) is 2. The first-order valence-corrected chi connectivity index (χ1v) is 6.08. The van der Waals surface area contributed by atoms with Crippen LogP contribution in [-0.2, 0) is 6.18 Å². The Morgan fingerprint density at radius 3 is 2.17 bits per heavy atom. The Morgan fingerprint density at radius 1 is 0.957 bits per heavy atom. The standard InChI is InChI=1S/C14H9F6NO2/c1-22-12-7-8(6-11(21-12)13(15,16)17)9-4-2-3-5-10(9)23-14(18,19)20/h2-7H,1H3. The van der Waals surface area contributed by atoms with Gasteiger partial charge in [-0.3, -0.25) is 0 Å². The van der Waals surface area contributed by atoms with Crippen LogP contribution in [0.5, 0.6) is 11.6 Å². The predicted molar refractivity (Wildman–Crippen MR) is 67.9 cm³/mol. The normalized spacial score (nSPS) is 12.1. The molecule has 0 atom stereocenters. The van der Waals surface area contributed by atoms with E-state index in [1.165, 1.54) is 18.2 Å². The maximum atomic E-state index is 12.8. The molecule has 0 N–H and O–H groups in total. The van der Waals surface area contributed by atoms with Crippen molar-refractivity contribution in [3.8, 4) is 22.8 Å². The average Bonchev–Trinajstić information content (AvgIpc) is 2.44. The lowest BCUT2D eigenvalue weighted by Gasteiger charge is -2.15. The Labute approximate surface area is 126 Å². The fourth-order valence-corrected chi connectivity index (χ4v) is 1.83. The van der Waals surface area contributed by atoms with E-state index in [1.807, 2.05) is 0 Å². The third kappa shape index (κ3) is 4.27. The van der Waals surface area contributed by atoms with Gasteiger partial charge in [0, 0.05) is 11.6 Å². The molecule has 2 rings (SSSR count). The molecule has 1 aromatic carbocycles. The second kappa shape index (κ2) is 5.98. The highest BCUT2D eigenvalue weighted by molar-refractivity contribution is 5.71. The van der Waals surface area contributed by atoms with Crippen molar-refractivity contribution in [1.29, 1.82) is 0 Å². The highest BCUT2D eigenvalue weighted by Gasteiger charge is 2.35. The Hall–Kier alpha value is -2.45. The number of para-hydroxylation sites is 1. The molecule has 0 bridgehead atoms. The van der Waals surface area contributed by atoms with Crippen LogP contribution in [0.4, 0.5) is 26.3 Å². The van der Waals surface area contributed by atoms with Crippen LogP contribution in [0.2, 0.25) is 0 Å². The highest BCUT2D eigenvalue weighted by atomic mass is 19.4. The van der Waals surface area contributed by atoms with E-state index in [9.17, 15) is 26.3 Å². The van der Waals surface area contributed by atoms with Gasteiger partial charge in [-0.1, -0.05) is 18.2 Å². The second-order valence-corrected chi connectivity index (χ2v) is 4.33. The summed E-state index contributed by atoms with van der Waals surface area (Å²) in [6.45, 7) is 0. The lowest BCUT2D eigenvalue weighted by molar-refractivity contribution is -0.274. The zero-order chi connectivity index (χ0) is 17.3. The highest BCUT2D eigenvalue weighted by Crippen LogP contribution is 2.37. The molecule has 23 heavy (non-hydrogen) atoms. The number of halogens is 6. The largest absolute Gasteiger partial charge is 0.573 e. The summed E-state index contributed by atoms with van der Waals surface area (Å²) in [5.74, 6) is -1.00. The van der Waals surface area contributed by atoms with Gasteiger partial charge in [0.2, 0.25) is 5.88 Å². The lowest BCUT2D eigenvalue weighted by Crippen LogP contribution is -2.17. The van der Waals surface area contributed by atoms with Crippen molar-refractivity contribution in [3.05, 3.63) is 42.1 Å². The van der Waals surface area contributed by atoms with Crippen LogP contribution in [0.25, 0.3) is 11.1 Å². The first kappa shape index (κ1) is 16.9. The summed E-state index contributed by atoms with van der Waals surface area (Å²) in [4.78, 5) is 3.24. The molecule has 1 aromatic heterocycles. The molecule has 0 fully saturated rings. The van der Waals surface area contributed by atoms with Crippen molar-refractivity contribution in [1.82, 2.24) is 4.98 Å². The zero-order valence-corrected chi connectivity index (χ0v) is 11.5. The molecule has 0 radical (unpaired) electrons. The van der Waals surface area contributed by atoms with Gasteiger partial charge in [-0.25, -0.2) is 4.98 Å². The fourth-order valence-electron chi connectivity index (χ4n) is 1.83. The van der Waals surface area contributed by atoms with E-state index in [2.05, 4.69) is 14.5 Å². The predicted octanol–water partition coefficient (Wildman–Crippen LogP) is 4.67. The third-order valence-electron chi connectivity index (χ3n) is 2.73. The Bertz CT molecular complexity index is 696. The fraction of sp³-hybridized carbons (Fsp3) is 0.214. The molecular weight excluding hydrogens is 328 g/mol. The van der Waals surface area contributed by atoms with Gasteiger partial charge in [0.1, 0.15) is 11.4 Å². The lowest BCUT2D eigenvalue weighted by atomic mass is 10.0. The molecule has 124 valence electrons. The van der Waals surface area contributed by atoms with Gasteiger partial charge in [0.15, 0.2) is 0 Å². The average molecular weight is 337 g/mol. The van der Waals surface area contributed by atoms with Crippen LogP contribution in [0.15, 0.2) is 36.4 Å². The Morgan fingerprint density at radius 2 is 1.61 bits per heavy atom. The number of alkyl halides is 6. The molecule has 0 unspecified atom stereocenters. The summed E-state index contributed by atoms with van der Waals surface area (Å²) in [6, 6.07) is 6.57. The van der Waals surface area contributed by atoms with Gasteiger partial charge in [0.05, 0.1) is 7.11 Å². The molecule has 1 heterocycles. The molecule has 0 aliphatic carbocycles. The second-order valence-electron chi connectivity index (χ2n) is 4.33. The van der Waals surface area contributed by atoms with Crippen molar-refractivity contribution in [3.63, 3.8) is 0 Å². The van der Waals surface area contributed by atoms with Crippen LogP contribution >= 0.6 is 0 Å². The molecule has 0 saturated carbocycles. The van der Waals surface area contributed by atoms with E-state index in [1.54, 1.807) is 0 Å². The van der Waals surface area contributed by atoms with E-state index in [4.69, 9.17) is 0 Å². The first-order valence-electron chi connectivity index (χ1n) is 6.08. The van der Waals surface area contributed by atoms with Crippen LogP contribution < -0.4 is 9.47 Å². The summed E-state index contributed by atoms with van der Waals surface area (Å²) >= 11 is 0. The number of benzene rings is 1. The number of rotatable bonds is 3. The summed E-state index contributed by atoms with van der Waals surface area (Å²) in [5, 5.41) is 0. The van der Waals surface area contributed by atoms with E-state index in [0.717, 1.165) is 19.2 Å². The minimum atomic E-state index is -4.97. The van der Waals surface area contributed by atoms with Crippen molar-refractivity contribution in [2.75, 3.05) is 7.11 Å². The molecule has 2 aromatic rings. The molecule has 3 nitrogen and oxygen atoms in total. The maximum Gasteiger partial charge on any atom is 0.573 e. The van der Waals surface area contributed by atoms with E-state index in [0.29, 0.717) is 6.07 Å². The number of methoxy groups -OCH3 is 1. The molecule has 0 amide bonds. The van der Waals surface area contributed by atoms with Crippen molar-refractivity contribution < 1.29 is 35.8 Å². The van der Waals surface area contributed by atoms with Crippen LogP contribution in [0.3, 0.4) is 0 Å².